The van der Waals surface area contributed by atoms with Crippen molar-refractivity contribution in [2.75, 3.05) is 13.1 Å². The molecule has 2 aromatic rings. The Hall–Kier alpha value is -1.70. The second-order valence-corrected chi connectivity index (χ2v) is 7.17. The summed E-state index contributed by atoms with van der Waals surface area (Å²) in [5.74, 6) is 0. The molecule has 0 saturated carbocycles. The van der Waals surface area contributed by atoms with Crippen LogP contribution in [0.2, 0.25) is 0 Å². The smallest absolute Gasteiger partial charge is 0.246 e. The van der Waals surface area contributed by atoms with Gasteiger partial charge in [0.25, 0.3) is 0 Å². The van der Waals surface area contributed by atoms with Crippen molar-refractivity contribution >= 4 is 10.0 Å². The maximum absolute atomic E-state index is 12.6. The number of hydrogen-bond donors (Lipinski definition) is 1. The van der Waals surface area contributed by atoms with E-state index in [1.165, 1.54) is 21.4 Å². The third-order valence-corrected chi connectivity index (χ3v) is 5.40. The first-order valence-corrected chi connectivity index (χ1v) is 8.52. The van der Waals surface area contributed by atoms with Gasteiger partial charge in [0.1, 0.15) is 4.90 Å². The van der Waals surface area contributed by atoms with Crippen LogP contribution < -0.4 is 0 Å². The molecule has 0 spiro atoms. The summed E-state index contributed by atoms with van der Waals surface area (Å²) >= 11 is 0. The van der Waals surface area contributed by atoms with E-state index in [0.29, 0.717) is 5.56 Å². The lowest BCUT2D eigenvalue weighted by molar-refractivity contribution is 0.149. The summed E-state index contributed by atoms with van der Waals surface area (Å²) in [6, 6.07) is 7.41. The third kappa shape index (κ3) is 3.55. The second-order valence-electron chi connectivity index (χ2n) is 5.23. The van der Waals surface area contributed by atoms with Gasteiger partial charge in [-0.25, -0.2) is 8.42 Å². The Morgan fingerprint density at radius 1 is 1.32 bits per heavy atom. The van der Waals surface area contributed by atoms with Crippen molar-refractivity contribution in [2.24, 2.45) is 7.05 Å². The second kappa shape index (κ2) is 6.60. The van der Waals surface area contributed by atoms with Gasteiger partial charge in [0, 0.05) is 26.3 Å². The Labute approximate surface area is 131 Å². The molecular weight excluding hydrogens is 302 g/mol. The van der Waals surface area contributed by atoms with Crippen LogP contribution in [0.15, 0.2) is 41.6 Å². The van der Waals surface area contributed by atoms with E-state index >= 15 is 0 Å². The molecule has 0 radical (unpaired) electrons. The average molecular weight is 323 g/mol. The van der Waals surface area contributed by atoms with Crippen molar-refractivity contribution in [3.63, 3.8) is 0 Å². The SMILES string of the molecule is CCN(C[C@@H](O)c1ccc(C)cc1)S(=O)(=O)c1cnn(C)c1. The standard InChI is InChI=1S/C15H21N3O3S/c1-4-18(22(20,21)14-9-16-17(3)10-14)11-15(19)13-7-5-12(2)6-8-13/h5-10,15,19H,4,11H2,1-3H3/t15-/m1/s1. The zero-order chi connectivity index (χ0) is 16.3. The van der Waals surface area contributed by atoms with E-state index in [9.17, 15) is 13.5 Å². The van der Waals surface area contributed by atoms with E-state index in [-0.39, 0.29) is 18.0 Å². The summed E-state index contributed by atoms with van der Waals surface area (Å²) in [5, 5.41) is 14.2. The van der Waals surface area contributed by atoms with E-state index in [1.807, 2.05) is 31.2 Å². The highest BCUT2D eigenvalue weighted by Gasteiger charge is 2.26. The molecule has 6 nitrogen and oxygen atoms in total. The molecule has 0 unspecified atom stereocenters. The van der Waals surface area contributed by atoms with E-state index in [0.717, 1.165) is 5.56 Å². The number of aryl methyl sites for hydroxylation is 2. The van der Waals surface area contributed by atoms with Gasteiger partial charge in [0.05, 0.1) is 12.3 Å². The van der Waals surface area contributed by atoms with Gasteiger partial charge in [-0.15, -0.1) is 0 Å². The van der Waals surface area contributed by atoms with Crippen molar-refractivity contribution in [3.8, 4) is 0 Å². The van der Waals surface area contributed by atoms with Crippen molar-refractivity contribution in [1.82, 2.24) is 14.1 Å². The first kappa shape index (κ1) is 16.7. The molecule has 0 aliphatic heterocycles. The highest BCUT2D eigenvalue weighted by Crippen LogP contribution is 2.20. The number of benzene rings is 1. The van der Waals surface area contributed by atoms with Gasteiger partial charge in [0.2, 0.25) is 10.0 Å². The van der Waals surface area contributed by atoms with Crippen LogP contribution in [0, 0.1) is 6.92 Å². The first-order valence-electron chi connectivity index (χ1n) is 7.08. The van der Waals surface area contributed by atoms with Gasteiger partial charge in [-0.2, -0.15) is 9.40 Å². The van der Waals surface area contributed by atoms with Gasteiger partial charge >= 0.3 is 0 Å². The molecule has 0 aliphatic rings. The first-order chi connectivity index (χ1) is 10.3. The van der Waals surface area contributed by atoms with Crippen LogP contribution in [0.1, 0.15) is 24.2 Å². The van der Waals surface area contributed by atoms with Crippen LogP contribution >= 0.6 is 0 Å². The maximum Gasteiger partial charge on any atom is 0.246 e. The molecular formula is C15H21N3O3S. The van der Waals surface area contributed by atoms with Gasteiger partial charge < -0.3 is 5.11 Å². The lowest BCUT2D eigenvalue weighted by Gasteiger charge is -2.23. The van der Waals surface area contributed by atoms with E-state index in [2.05, 4.69) is 5.10 Å². The fraction of sp³-hybridized carbons (Fsp3) is 0.400. The van der Waals surface area contributed by atoms with E-state index < -0.39 is 16.1 Å². The predicted octanol–water partition coefficient (Wildman–Crippen LogP) is 1.47. The number of nitrogens with zero attached hydrogens (tertiary/aromatic N) is 3. The molecule has 1 aromatic carbocycles. The molecule has 0 fully saturated rings. The van der Waals surface area contributed by atoms with Crippen molar-refractivity contribution in [2.45, 2.75) is 24.8 Å². The van der Waals surface area contributed by atoms with Gasteiger partial charge in [-0.3, -0.25) is 4.68 Å². The Balaban J connectivity index is 2.19. The molecule has 7 heteroatoms. The minimum atomic E-state index is -3.65. The Morgan fingerprint density at radius 2 is 1.95 bits per heavy atom. The lowest BCUT2D eigenvalue weighted by Crippen LogP contribution is -2.34. The number of sulfonamides is 1. The lowest BCUT2D eigenvalue weighted by atomic mass is 10.1. The normalized spacial score (nSPS) is 13.5. The quantitative estimate of drug-likeness (QED) is 0.873. The summed E-state index contributed by atoms with van der Waals surface area (Å²) in [7, 11) is -1.99. The van der Waals surface area contributed by atoms with E-state index in [4.69, 9.17) is 0 Å². The molecule has 0 aliphatic carbocycles. The fourth-order valence-corrected chi connectivity index (χ4v) is 3.61. The number of aliphatic hydroxyl groups excluding tert-OH is 1. The average Bonchev–Trinajstić information content (AvgIpc) is 2.92. The Morgan fingerprint density at radius 3 is 2.45 bits per heavy atom. The van der Waals surface area contributed by atoms with E-state index in [1.54, 1.807) is 14.0 Å². The summed E-state index contributed by atoms with van der Waals surface area (Å²) in [5.41, 5.74) is 1.79. The van der Waals surface area contributed by atoms with Gasteiger partial charge in [-0.1, -0.05) is 36.8 Å². The summed E-state index contributed by atoms with van der Waals surface area (Å²) in [6.07, 6.45) is 1.90. The van der Waals surface area contributed by atoms with Crippen LogP contribution in [-0.2, 0) is 17.1 Å². The van der Waals surface area contributed by atoms with Crippen LogP contribution in [-0.4, -0.2) is 40.7 Å². The van der Waals surface area contributed by atoms with Crippen LogP contribution in [0.5, 0.6) is 0 Å². The highest BCUT2D eigenvalue weighted by atomic mass is 32.2. The molecule has 1 N–H and O–H groups in total. The van der Waals surface area contributed by atoms with Crippen LogP contribution in [0.25, 0.3) is 0 Å². The summed E-state index contributed by atoms with van der Waals surface area (Å²) < 4.78 is 27.8. The number of aliphatic hydroxyl groups is 1. The number of hydrogen-bond acceptors (Lipinski definition) is 4. The molecule has 0 saturated heterocycles. The molecule has 1 aromatic heterocycles. The summed E-state index contributed by atoms with van der Waals surface area (Å²) in [6.45, 7) is 3.99. The monoisotopic (exact) mass is 323 g/mol. The van der Waals surface area contributed by atoms with Gasteiger partial charge in [-0.05, 0) is 12.5 Å². The topological polar surface area (TPSA) is 75.4 Å². The number of rotatable bonds is 6. The van der Waals surface area contributed by atoms with Crippen molar-refractivity contribution < 1.29 is 13.5 Å². The maximum atomic E-state index is 12.6. The van der Waals surface area contributed by atoms with Crippen LogP contribution in [0.3, 0.4) is 0 Å². The predicted molar refractivity (Wildman–Crippen MR) is 83.8 cm³/mol. The molecule has 120 valence electrons. The minimum Gasteiger partial charge on any atom is -0.387 e. The minimum absolute atomic E-state index is 0.0107. The van der Waals surface area contributed by atoms with Crippen molar-refractivity contribution in [3.05, 3.63) is 47.8 Å². The van der Waals surface area contributed by atoms with Crippen molar-refractivity contribution in [1.29, 1.82) is 0 Å². The molecule has 1 atom stereocenters. The third-order valence-electron chi connectivity index (χ3n) is 3.51. The number of likely N-dealkylation sites (N-methyl/N-ethyl adjacent to an activating group) is 1. The van der Waals surface area contributed by atoms with Crippen LogP contribution in [0.4, 0.5) is 0 Å². The molecule has 0 amide bonds. The molecule has 1 heterocycles. The Kier molecular flexibility index (Phi) is 5.00. The molecule has 2 rings (SSSR count). The molecule has 22 heavy (non-hydrogen) atoms. The fourth-order valence-electron chi connectivity index (χ4n) is 2.17. The Bertz CT molecular complexity index is 723. The zero-order valence-electron chi connectivity index (χ0n) is 13.0. The number of aromatic nitrogens is 2. The molecule has 0 bridgehead atoms. The summed E-state index contributed by atoms with van der Waals surface area (Å²) in [4.78, 5) is 0.132. The zero-order valence-corrected chi connectivity index (χ0v) is 13.8. The van der Waals surface area contributed by atoms with Gasteiger partial charge in [0.15, 0.2) is 0 Å². The highest BCUT2D eigenvalue weighted by molar-refractivity contribution is 7.89. The largest absolute Gasteiger partial charge is 0.387 e.